The molecule has 4 heteroatoms. The number of hydrogen-bond donors (Lipinski definition) is 1. The first kappa shape index (κ1) is 13.6. The lowest BCUT2D eigenvalue weighted by Gasteiger charge is -2.19. The van der Waals surface area contributed by atoms with Crippen LogP contribution < -0.4 is 5.32 Å². The van der Waals surface area contributed by atoms with Crippen molar-refractivity contribution in [1.29, 1.82) is 0 Å². The second kappa shape index (κ2) is 5.41. The minimum Gasteiger partial charge on any atom is -0.443 e. The largest absolute Gasteiger partial charge is 0.443 e. The Hall–Kier alpha value is -0.870. The van der Waals surface area contributed by atoms with Gasteiger partial charge in [0.25, 0.3) is 0 Å². The molecule has 18 heavy (non-hydrogen) atoms. The number of nitrogens with zero attached hydrogens (tertiary/aromatic N) is 1. The third-order valence-electron chi connectivity index (χ3n) is 3.23. The second-order valence-corrected chi connectivity index (χ2v) is 6.14. The zero-order valence-corrected chi connectivity index (χ0v) is 11.8. The van der Waals surface area contributed by atoms with E-state index in [1.165, 1.54) is 0 Å². The molecule has 4 nitrogen and oxygen atoms in total. The SMILES string of the molecule is CC1CCOC1c1cnc(CCNC(C)(C)C)o1. The zero-order chi connectivity index (χ0) is 13.2. The average Bonchev–Trinajstić information content (AvgIpc) is 2.84. The molecule has 1 aliphatic heterocycles. The minimum atomic E-state index is 0.0989. The minimum absolute atomic E-state index is 0.0989. The van der Waals surface area contributed by atoms with Crippen molar-refractivity contribution >= 4 is 0 Å². The van der Waals surface area contributed by atoms with E-state index < -0.39 is 0 Å². The first-order valence-corrected chi connectivity index (χ1v) is 6.77. The summed E-state index contributed by atoms with van der Waals surface area (Å²) in [4.78, 5) is 4.33. The van der Waals surface area contributed by atoms with Crippen LogP contribution >= 0.6 is 0 Å². The highest BCUT2D eigenvalue weighted by atomic mass is 16.5. The van der Waals surface area contributed by atoms with E-state index in [1.807, 2.05) is 6.20 Å². The highest BCUT2D eigenvalue weighted by Gasteiger charge is 2.29. The summed E-state index contributed by atoms with van der Waals surface area (Å²) in [5.41, 5.74) is 0.137. The molecule has 0 bridgehead atoms. The van der Waals surface area contributed by atoms with Crippen molar-refractivity contribution in [3.05, 3.63) is 17.8 Å². The molecule has 0 amide bonds. The van der Waals surface area contributed by atoms with Gasteiger partial charge in [0, 0.05) is 25.1 Å². The molecule has 1 saturated heterocycles. The van der Waals surface area contributed by atoms with Gasteiger partial charge in [0.05, 0.1) is 6.20 Å². The van der Waals surface area contributed by atoms with Crippen LogP contribution in [0.25, 0.3) is 0 Å². The van der Waals surface area contributed by atoms with Crippen molar-refractivity contribution < 1.29 is 9.15 Å². The molecule has 2 rings (SSSR count). The summed E-state index contributed by atoms with van der Waals surface area (Å²) >= 11 is 0. The third-order valence-corrected chi connectivity index (χ3v) is 3.23. The number of rotatable bonds is 4. The molecule has 1 aliphatic rings. The van der Waals surface area contributed by atoms with Crippen molar-refractivity contribution in [2.75, 3.05) is 13.2 Å². The smallest absolute Gasteiger partial charge is 0.195 e. The van der Waals surface area contributed by atoms with Gasteiger partial charge in [-0.3, -0.25) is 0 Å². The normalized spacial score (nSPS) is 24.7. The first-order valence-electron chi connectivity index (χ1n) is 6.77. The Morgan fingerprint density at radius 2 is 2.22 bits per heavy atom. The fourth-order valence-electron chi connectivity index (χ4n) is 2.18. The van der Waals surface area contributed by atoms with Gasteiger partial charge in [0.2, 0.25) is 0 Å². The molecule has 0 spiro atoms. The maximum Gasteiger partial charge on any atom is 0.195 e. The summed E-state index contributed by atoms with van der Waals surface area (Å²) in [5.74, 6) is 2.20. The summed E-state index contributed by atoms with van der Waals surface area (Å²) in [7, 11) is 0. The molecule has 0 aromatic carbocycles. The van der Waals surface area contributed by atoms with Gasteiger partial charge in [-0.25, -0.2) is 4.98 Å². The van der Waals surface area contributed by atoms with Gasteiger partial charge < -0.3 is 14.5 Å². The van der Waals surface area contributed by atoms with Crippen molar-refractivity contribution in [3.8, 4) is 0 Å². The average molecular weight is 252 g/mol. The van der Waals surface area contributed by atoms with Crippen LogP contribution in [0, 0.1) is 5.92 Å². The molecule has 0 aliphatic carbocycles. The Morgan fingerprint density at radius 1 is 1.44 bits per heavy atom. The standard InChI is InChI=1S/C14H24N2O2/c1-10-6-8-17-13(10)11-9-15-12(18-11)5-7-16-14(2,3)4/h9-10,13,16H,5-8H2,1-4H3. The number of aromatic nitrogens is 1. The molecule has 1 aromatic heterocycles. The predicted octanol–water partition coefficient (Wildman–Crippen LogP) is 2.70. The lowest BCUT2D eigenvalue weighted by molar-refractivity contribution is 0.0749. The summed E-state index contributed by atoms with van der Waals surface area (Å²) < 4.78 is 11.5. The van der Waals surface area contributed by atoms with E-state index in [4.69, 9.17) is 9.15 Å². The van der Waals surface area contributed by atoms with Crippen LogP contribution in [0.5, 0.6) is 0 Å². The highest BCUT2D eigenvalue weighted by molar-refractivity contribution is 5.02. The lowest BCUT2D eigenvalue weighted by atomic mass is 10.0. The topological polar surface area (TPSA) is 47.3 Å². The molecule has 1 fully saturated rings. The second-order valence-electron chi connectivity index (χ2n) is 6.14. The van der Waals surface area contributed by atoms with Gasteiger partial charge in [-0.2, -0.15) is 0 Å². The van der Waals surface area contributed by atoms with Crippen LogP contribution in [0.3, 0.4) is 0 Å². The fourth-order valence-corrected chi connectivity index (χ4v) is 2.18. The predicted molar refractivity (Wildman–Crippen MR) is 70.4 cm³/mol. The Kier molecular flexibility index (Phi) is 4.07. The highest BCUT2D eigenvalue weighted by Crippen LogP contribution is 2.34. The fraction of sp³-hybridized carbons (Fsp3) is 0.786. The number of ether oxygens (including phenoxy) is 1. The molecule has 102 valence electrons. The Morgan fingerprint density at radius 3 is 2.83 bits per heavy atom. The van der Waals surface area contributed by atoms with Crippen LogP contribution in [0.2, 0.25) is 0 Å². The lowest BCUT2D eigenvalue weighted by Crippen LogP contribution is -2.37. The van der Waals surface area contributed by atoms with E-state index in [2.05, 4.69) is 38.0 Å². The van der Waals surface area contributed by atoms with Crippen molar-refractivity contribution in [1.82, 2.24) is 10.3 Å². The van der Waals surface area contributed by atoms with Gasteiger partial charge in [0.15, 0.2) is 11.7 Å². The quantitative estimate of drug-likeness (QED) is 0.895. The summed E-state index contributed by atoms with van der Waals surface area (Å²) in [6.45, 7) is 10.4. The van der Waals surface area contributed by atoms with E-state index >= 15 is 0 Å². The van der Waals surface area contributed by atoms with Gasteiger partial charge in [0.1, 0.15) is 6.10 Å². The van der Waals surface area contributed by atoms with Crippen molar-refractivity contribution in [2.45, 2.75) is 52.2 Å². The Labute approximate surface area is 109 Å². The Balaban J connectivity index is 1.86. The molecule has 2 atom stereocenters. The van der Waals surface area contributed by atoms with E-state index in [9.17, 15) is 0 Å². The molecular weight excluding hydrogens is 228 g/mol. The van der Waals surface area contributed by atoms with Gasteiger partial charge in [-0.05, 0) is 33.1 Å². The summed E-state index contributed by atoms with van der Waals surface area (Å²) in [5, 5.41) is 3.43. The van der Waals surface area contributed by atoms with Gasteiger partial charge >= 0.3 is 0 Å². The van der Waals surface area contributed by atoms with E-state index in [0.717, 1.165) is 37.6 Å². The molecule has 0 radical (unpaired) electrons. The molecule has 1 N–H and O–H groups in total. The van der Waals surface area contributed by atoms with Crippen LogP contribution in [0.4, 0.5) is 0 Å². The van der Waals surface area contributed by atoms with Crippen LogP contribution in [-0.4, -0.2) is 23.7 Å². The maximum atomic E-state index is 5.78. The van der Waals surface area contributed by atoms with Gasteiger partial charge in [-0.1, -0.05) is 6.92 Å². The molecular formula is C14H24N2O2. The molecule has 2 unspecified atom stereocenters. The van der Waals surface area contributed by atoms with Gasteiger partial charge in [-0.15, -0.1) is 0 Å². The van der Waals surface area contributed by atoms with Crippen LogP contribution in [0.1, 0.15) is 51.9 Å². The number of hydrogen-bond acceptors (Lipinski definition) is 4. The van der Waals surface area contributed by atoms with Crippen molar-refractivity contribution in [3.63, 3.8) is 0 Å². The molecule has 1 aromatic rings. The number of nitrogens with one attached hydrogen (secondary N) is 1. The Bertz CT molecular complexity index is 381. The summed E-state index contributed by atoms with van der Waals surface area (Å²) in [6, 6.07) is 0. The number of oxazole rings is 1. The molecule has 0 saturated carbocycles. The van der Waals surface area contributed by atoms with Crippen LogP contribution in [0.15, 0.2) is 10.6 Å². The molecule has 2 heterocycles. The first-order chi connectivity index (χ1) is 8.46. The van der Waals surface area contributed by atoms with E-state index in [-0.39, 0.29) is 11.6 Å². The van der Waals surface area contributed by atoms with Crippen molar-refractivity contribution in [2.24, 2.45) is 5.92 Å². The zero-order valence-electron chi connectivity index (χ0n) is 11.8. The third kappa shape index (κ3) is 3.56. The van der Waals surface area contributed by atoms with E-state index in [0.29, 0.717) is 5.92 Å². The monoisotopic (exact) mass is 252 g/mol. The van der Waals surface area contributed by atoms with Crippen LogP contribution in [-0.2, 0) is 11.2 Å². The van der Waals surface area contributed by atoms with E-state index in [1.54, 1.807) is 0 Å². The maximum absolute atomic E-state index is 5.78. The summed E-state index contributed by atoms with van der Waals surface area (Å²) in [6.07, 6.45) is 3.84.